The topological polar surface area (TPSA) is 98.9 Å². The van der Waals surface area contributed by atoms with Gasteiger partial charge in [0.2, 0.25) is 0 Å². The van der Waals surface area contributed by atoms with Gasteiger partial charge in [-0.05, 0) is 64.2 Å². The molecule has 33 heavy (non-hydrogen) atoms. The summed E-state index contributed by atoms with van der Waals surface area (Å²) >= 11 is 0. The molecule has 1 fully saturated rings. The SMILES string of the molecule is C[C@H](C#N)NC(=O)c1ccc(-c2nc(Nc3cnn(C4CCN(C)CC4)c3)ccc2F)cc1. The van der Waals surface area contributed by atoms with E-state index in [1.165, 1.54) is 6.07 Å². The van der Waals surface area contributed by atoms with Crippen LogP contribution in [0.25, 0.3) is 11.3 Å². The minimum Gasteiger partial charge on any atom is -0.338 e. The summed E-state index contributed by atoms with van der Waals surface area (Å²) in [4.78, 5) is 18.9. The van der Waals surface area contributed by atoms with E-state index in [-0.39, 0.29) is 11.6 Å². The molecule has 1 amide bonds. The molecule has 2 aromatic heterocycles. The molecule has 0 spiro atoms. The Bertz CT molecular complexity index is 1160. The molecule has 0 saturated carbocycles. The van der Waals surface area contributed by atoms with Gasteiger partial charge in [-0.15, -0.1) is 0 Å². The summed E-state index contributed by atoms with van der Waals surface area (Å²) in [5, 5.41) is 19.1. The molecule has 3 aromatic rings. The second-order valence-electron chi connectivity index (χ2n) is 8.30. The van der Waals surface area contributed by atoms with Crippen molar-refractivity contribution in [1.82, 2.24) is 25.0 Å². The van der Waals surface area contributed by atoms with Gasteiger partial charge in [-0.1, -0.05) is 12.1 Å². The third-order valence-corrected chi connectivity index (χ3v) is 5.74. The van der Waals surface area contributed by atoms with E-state index >= 15 is 0 Å². The van der Waals surface area contributed by atoms with E-state index in [1.807, 2.05) is 16.9 Å². The zero-order valence-electron chi connectivity index (χ0n) is 18.6. The fourth-order valence-corrected chi connectivity index (χ4v) is 3.82. The second-order valence-corrected chi connectivity index (χ2v) is 8.30. The minimum atomic E-state index is -0.595. The highest BCUT2D eigenvalue weighted by atomic mass is 19.1. The first-order valence-electron chi connectivity index (χ1n) is 10.9. The number of pyridine rings is 1. The van der Waals surface area contributed by atoms with Crippen LogP contribution < -0.4 is 10.6 Å². The second kappa shape index (κ2) is 9.79. The maximum absolute atomic E-state index is 14.5. The summed E-state index contributed by atoms with van der Waals surface area (Å²) < 4.78 is 16.5. The van der Waals surface area contributed by atoms with Gasteiger partial charge >= 0.3 is 0 Å². The lowest BCUT2D eigenvalue weighted by molar-refractivity contribution is 0.0948. The van der Waals surface area contributed by atoms with Crippen LogP contribution in [0.15, 0.2) is 48.8 Å². The molecule has 170 valence electrons. The number of amides is 1. The fourth-order valence-electron chi connectivity index (χ4n) is 3.82. The van der Waals surface area contributed by atoms with Crippen LogP contribution in [0.4, 0.5) is 15.9 Å². The number of likely N-dealkylation sites (tertiary alicyclic amines) is 1. The van der Waals surface area contributed by atoms with E-state index in [1.54, 1.807) is 43.5 Å². The largest absolute Gasteiger partial charge is 0.338 e. The monoisotopic (exact) mass is 447 g/mol. The standard InChI is InChI=1S/C24H26FN7O/c1-16(13-26)28-24(33)18-5-3-17(4-6-18)23-21(25)7-8-22(30-23)29-19-14-27-32(15-19)20-9-11-31(2)12-10-20/h3-8,14-16,20H,9-12H2,1-2H3,(H,28,33)(H,29,30)/t16-/m1/s1. The van der Waals surface area contributed by atoms with Gasteiger partial charge in [0.25, 0.3) is 5.91 Å². The summed E-state index contributed by atoms with van der Waals surface area (Å²) in [6.45, 7) is 3.70. The highest BCUT2D eigenvalue weighted by Crippen LogP contribution is 2.26. The van der Waals surface area contributed by atoms with Crippen LogP contribution in [0, 0.1) is 17.1 Å². The highest BCUT2D eigenvalue weighted by Gasteiger charge is 2.19. The predicted octanol–water partition coefficient (Wildman–Crippen LogP) is 3.74. The molecular weight excluding hydrogens is 421 g/mol. The summed E-state index contributed by atoms with van der Waals surface area (Å²) in [5.74, 6) is -0.321. The van der Waals surface area contributed by atoms with Gasteiger partial charge in [0, 0.05) is 17.3 Å². The summed E-state index contributed by atoms with van der Waals surface area (Å²) in [5.41, 5.74) is 1.90. The normalized spacial score (nSPS) is 15.6. The van der Waals surface area contributed by atoms with Crippen LogP contribution in [-0.2, 0) is 0 Å². The molecule has 4 rings (SSSR count). The van der Waals surface area contributed by atoms with Crippen molar-refractivity contribution in [2.45, 2.75) is 31.8 Å². The van der Waals surface area contributed by atoms with E-state index in [4.69, 9.17) is 5.26 Å². The number of nitriles is 1. The molecule has 1 saturated heterocycles. The van der Waals surface area contributed by atoms with E-state index in [9.17, 15) is 9.18 Å². The number of nitrogens with zero attached hydrogens (tertiary/aromatic N) is 5. The van der Waals surface area contributed by atoms with Crippen molar-refractivity contribution in [3.05, 3.63) is 60.2 Å². The average Bonchev–Trinajstić information content (AvgIpc) is 3.29. The quantitative estimate of drug-likeness (QED) is 0.597. The van der Waals surface area contributed by atoms with E-state index in [0.29, 0.717) is 23.0 Å². The lowest BCUT2D eigenvalue weighted by Gasteiger charge is -2.28. The van der Waals surface area contributed by atoms with E-state index in [0.717, 1.165) is 31.6 Å². The minimum absolute atomic E-state index is 0.181. The number of benzene rings is 1. The lowest BCUT2D eigenvalue weighted by atomic mass is 10.1. The maximum Gasteiger partial charge on any atom is 0.252 e. The van der Waals surface area contributed by atoms with Gasteiger partial charge in [-0.2, -0.15) is 10.4 Å². The van der Waals surface area contributed by atoms with Gasteiger partial charge in [-0.3, -0.25) is 9.48 Å². The number of halogens is 1. The van der Waals surface area contributed by atoms with Crippen LogP contribution in [0.2, 0.25) is 0 Å². The number of nitrogens with one attached hydrogen (secondary N) is 2. The first kappa shape index (κ1) is 22.4. The number of piperidine rings is 1. The Morgan fingerprint density at radius 2 is 1.94 bits per heavy atom. The lowest BCUT2D eigenvalue weighted by Crippen LogP contribution is -2.31. The van der Waals surface area contributed by atoms with Crippen LogP contribution in [0.5, 0.6) is 0 Å². The molecule has 3 heterocycles. The molecule has 1 aromatic carbocycles. The number of hydrogen-bond donors (Lipinski definition) is 2. The maximum atomic E-state index is 14.5. The van der Waals surface area contributed by atoms with Gasteiger partial charge in [-0.25, -0.2) is 9.37 Å². The molecule has 1 aliphatic rings. The number of aromatic nitrogens is 3. The Morgan fingerprint density at radius 1 is 1.21 bits per heavy atom. The molecular formula is C24H26FN7O. The fraction of sp³-hybridized carbons (Fsp3) is 0.333. The van der Waals surface area contributed by atoms with Crippen molar-refractivity contribution >= 4 is 17.4 Å². The van der Waals surface area contributed by atoms with Gasteiger partial charge in [0.15, 0.2) is 0 Å². The number of carbonyl (C=O) groups is 1. The molecule has 8 nitrogen and oxygen atoms in total. The van der Waals surface area contributed by atoms with Gasteiger partial charge in [0.05, 0.1) is 24.0 Å². The van der Waals surface area contributed by atoms with Crippen LogP contribution >= 0.6 is 0 Å². The zero-order chi connectivity index (χ0) is 23.4. The smallest absolute Gasteiger partial charge is 0.252 e. The molecule has 9 heteroatoms. The summed E-state index contributed by atoms with van der Waals surface area (Å²) in [7, 11) is 2.13. The van der Waals surface area contributed by atoms with Gasteiger partial charge in [0.1, 0.15) is 23.4 Å². The predicted molar refractivity (Wildman–Crippen MR) is 123 cm³/mol. The Kier molecular flexibility index (Phi) is 6.66. The number of hydrogen-bond acceptors (Lipinski definition) is 6. The summed E-state index contributed by atoms with van der Waals surface area (Å²) in [6, 6.07) is 11.1. The first-order valence-corrected chi connectivity index (χ1v) is 10.9. The highest BCUT2D eigenvalue weighted by molar-refractivity contribution is 5.95. The first-order chi connectivity index (χ1) is 15.9. The molecule has 0 aliphatic carbocycles. The molecule has 0 bridgehead atoms. The van der Waals surface area contributed by atoms with Gasteiger partial charge < -0.3 is 15.5 Å². The summed E-state index contributed by atoms with van der Waals surface area (Å²) in [6.07, 6.45) is 5.81. The molecule has 2 N–H and O–H groups in total. The van der Waals surface area contributed by atoms with Crippen molar-refractivity contribution in [3.8, 4) is 17.3 Å². The molecule has 0 radical (unpaired) electrons. The molecule has 1 atom stereocenters. The zero-order valence-corrected chi connectivity index (χ0v) is 18.6. The van der Waals surface area contributed by atoms with E-state index in [2.05, 4.69) is 32.7 Å². The average molecular weight is 448 g/mol. The molecule has 0 unspecified atom stereocenters. The Labute approximate surface area is 192 Å². The third-order valence-electron chi connectivity index (χ3n) is 5.74. The van der Waals surface area contributed by atoms with Crippen molar-refractivity contribution in [3.63, 3.8) is 0 Å². The van der Waals surface area contributed by atoms with E-state index < -0.39 is 11.9 Å². The van der Waals surface area contributed by atoms with Crippen molar-refractivity contribution in [1.29, 1.82) is 5.26 Å². The Balaban J connectivity index is 1.47. The van der Waals surface area contributed by atoms with Crippen LogP contribution in [-0.4, -0.2) is 51.8 Å². The van der Waals surface area contributed by atoms with Crippen LogP contribution in [0.3, 0.4) is 0 Å². The molecule has 1 aliphatic heterocycles. The number of anilines is 2. The number of carbonyl (C=O) groups excluding carboxylic acids is 1. The third kappa shape index (κ3) is 5.35. The van der Waals surface area contributed by atoms with Crippen molar-refractivity contribution < 1.29 is 9.18 Å². The Morgan fingerprint density at radius 3 is 2.64 bits per heavy atom. The Hall–Kier alpha value is -3.77. The van der Waals surface area contributed by atoms with Crippen molar-refractivity contribution in [2.24, 2.45) is 0 Å². The number of rotatable bonds is 6. The van der Waals surface area contributed by atoms with Crippen LogP contribution in [0.1, 0.15) is 36.2 Å². The van der Waals surface area contributed by atoms with Crippen molar-refractivity contribution in [2.75, 3.05) is 25.5 Å².